The largest absolute Gasteiger partial charge is 0.497 e. The highest BCUT2D eigenvalue weighted by molar-refractivity contribution is 5.88. The van der Waals surface area contributed by atoms with Crippen LogP contribution in [0, 0.1) is 17.7 Å². The van der Waals surface area contributed by atoms with Crippen molar-refractivity contribution in [1.29, 1.82) is 0 Å². The molecule has 0 saturated heterocycles. The minimum atomic E-state index is -0.914. The summed E-state index contributed by atoms with van der Waals surface area (Å²) >= 11 is 0. The maximum absolute atomic E-state index is 13.8. The van der Waals surface area contributed by atoms with Crippen molar-refractivity contribution < 1.29 is 19.0 Å². The first-order chi connectivity index (χ1) is 22.6. The Labute approximate surface area is 281 Å². The summed E-state index contributed by atoms with van der Waals surface area (Å²) in [6, 6.07) is 22.4. The summed E-state index contributed by atoms with van der Waals surface area (Å²) in [7, 11) is 10.2. The summed E-state index contributed by atoms with van der Waals surface area (Å²) < 4.78 is 19.2. The summed E-state index contributed by atoms with van der Waals surface area (Å²) in [5.41, 5.74) is 7.72. The molecule has 2 aliphatic carbocycles. The standard InChI is InChI=1S/C23H26FNO2.C18H25NO/c1-25(2)15-20-10-9-17(11-16-5-3-7-19(12-16)23(26)27)13-22(20)18-6-4-8-21(24)14-18;1-5-14-9-10-16(13-19(2)3)18(11-14)15-7-6-8-17(12-15)20-4/h3-8,11-12,14,20,22H,9-10,13,15H2,1-2H3,(H,26,27);5-8,11-12,16H,9-10,13H2,1-4H3/b17-11+;14-5+. The predicted octanol–water partition coefficient (Wildman–Crippen LogP) is 9.05. The van der Waals surface area contributed by atoms with E-state index >= 15 is 0 Å². The molecule has 3 aromatic rings. The van der Waals surface area contributed by atoms with Gasteiger partial charge >= 0.3 is 5.97 Å². The molecule has 1 fully saturated rings. The van der Waals surface area contributed by atoms with Gasteiger partial charge in [-0.05, 0) is 144 Å². The molecule has 2 aliphatic rings. The second-order valence-electron chi connectivity index (χ2n) is 13.4. The lowest BCUT2D eigenvalue weighted by molar-refractivity contribution is 0.0697. The normalized spacial score (nSPS) is 21.4. The van der Waals surface area contributed by atoms with Crippen molar-refractivity contribution in [1.82, 2.24) is 9.80 Å². The number of carboxylic acid groups (broad SMARTS) is 1. The molecule has 6 heteroatoms. The number of nitrogens with zero attached hydrogens (tertiary/aromatic N) is 2. The minimum Gasteiger partial charge on any atom is -0.497 e. The van der Waals surface area contributed by atoms with Gasteiger partial charge in [-0.1, -0.05) is 65.8 Å². The number of hydrogen-bond acceptors (Lipinski definition) is 4. The van der Waals surface area contributed by atoms with Gasteiger partial charge in [-0.3, -0.25) is 0 Å². The Morgan fingerprint density at radius 3 is 2.36 bits per heavy atom. The van der Waals surface area contributed by atoms with Crippen molar-refractivity contribution in [2.75, 3.05) is 48.4 Å². The van der Waals surface area contributed by atoms with E-state index in [1.807, 2.05) is 18.2 Å². The van der Waals surface area contributed by atoms with E-state index in [0.717, 1.165) is 49.2 Å². The molecule has 3 atom stereocenters. The van der Waals surface area contributed by atoms with Crippen LogP contribution in [0.5, 0.6) is 5.75 Å². The predicted molar refractivity (Wildman–Crippen MR) is 192 cm³/mol. The van der Waals surface area contributed by atoms with Crippen LogP contribution in [0.25, 0.3) is 11.6 Å². The molecule has 3 unspecified atom stereocenters. The molecule has 1 saturated carbocycles. The SMILES string of the molecule is C/C=C1/C=C(c2cccc(OC)c2)C(CN(C)C)CC1.CN(C)CC1CC/C(=C\c2cccc(C(=O)O)c2)CC1c1cccc(F)c1. The van der Waals surface area contributed by atoms with Crippen LogP contribution in [-0.2, 0) is 0 Å². The van der Waals surface area contributed by atoms with Gasteiger partial charge in [0.1, 0.15) is 11.6 Å². The lowest BCUT2D eigenvalue weighted by Crippen LogP contribution is -2.29. The van der Waals surface area contributed by atoms with E-state index in [0.29, 0.717) is 17.4 Å². The summed E-state index contributed by atoms with van der Waals surface area (Å²) in [5.74, 6) is 1.17. The van der Waals surface area contributed by atoms with Crippen LogP contribution in [-0.4, -0.2) is 69.3 Å². The molecular weight excluding hydrogens is 587 g/mol. The fourth-order valence-electron chi connectivity index (χ4n) is 6.93. The van der Waals surface area contributed by atoms with Crippen LogP contribution < -0.4 is 4.74 Å². The molecule has 1 N–H and O–H groups in total. The quantitative estimate of drug-likeness (QED) is 0.254. The summed E-state index contributed by atoms with van der Waals surface area (Å²) in [6.45, 7) is 4.20. The van der Waals surface area contributed by atoms with Crippen LogP contribution >= 0.6 is 0 Å². The number of allylic oxidation sites excluding steroid dienone is 4. The van der Waals surface area contributed by atoms with Gasteiger partial charge in [0, 0.05) is 13.1 Å². The van der Waals surface area contributed by atoms with Gasteiger partial charge in [-0.25, -0.2) is 9.18 Å². The number of ether oxygens (including phenoxy) is 1. The number of hydrogen-bond donors (Lipinski definition) is 1. The van der Waals surface area contributed by atoms with Crippen molar-refractivity contribution in [2.45, 2.75) is 44.9 Å². The van der Waals surface area contributed by atoms with Crippen molar-refractivity contribution in [2.24, 2.45) is 11.8 Å². The van der Waals surface area contributed by atoms with E-state index < -0.39 is 5.97 Å². The number of carboxylic acids is 1. The molecule has 250 valence electrons. The Balaban J connectivity index is 0.000000223. The highest BCUT2D eigenvalue weighted by atomic mass is 19.1. The van der Waals surface area contributed by atoms with E-state index in [1.165, 1.54) is 41.2 Å². The molecule has 0 bridgehead atoms. The minimum absolute atomic E-state index is 0.193. The van der Waals surface area contributed by atoms with Crippen LogP contribution in [0.1, 0.15) is 72.0 Å². The number of halogens is 1. The van der Waals surface area contributed by atoms with Crippen molar-refractivity contribution in [3.8, 4) is 5.75 Å². The molecule has 0 heterocycles. The third-order valence-electron chi connectivity index (χ3n) is 9.19. The Morgan fingerprint density at radius 2 is 1.68 bits per heavy atom. The van der Waals surface area contributed by atoms with Crippen LogP contribution in [0.3, 0.4) is 0 Å². The zero-order chi connectivity index (χ0) is 33.9. The Kier molecular flexibility index (Phi) is 13.1. The summed E-state index contributed by atoms with van der Waals surface area (Å²) in [4.78, 5) is 15.7. The van der Waals surface area contributed by atoms with E-state index in [-0.39, 0.29) is 11.7 Å². The average Bonchev–Trinajstić information content (AvgIpc) is 3.05. The molecule has 47 heavy (non-hydrogen) atoms. The maximum atomic E-state index is 13.8. The zero-order valence-electron chi connectivity index (χ0n) is 28.9. The Morgan fingerprint density at radius 1 is 0.936 bits per heavy atom. The fraction of sp³-hybridized carbons (Fsp3) is 0.390. The van der Waals surface area contributed by atoms with Crippen LogP contribution in [0.4, 0.5) is 4.39 Å². The van der Waals surface area contributed by atoms with Gasteiger partial charge in [0.2, 0.25) is 0 Å². The second kappa shape index (κ2) is 17.2. The first-order valence-corrected chi connectivity index (χ1v) is 16.6. The highest BCUT2D eigenvalue weighted by Gasteiger charge is 2.29. The van der Waals surface area contributed by atoms with Crippen LogP contribution in [0.15, 0.2) is 96.1 Å². The smallest absolute Gasteiger partial charge is 0.335 e. The molecule has 5 nitrogen and oxygen atoms in total. The first kappa shape index (κ1) is 35.8. The molecule has 0 aromatic heterocycles. The molecule has 0 amide bonds. The zero-order valence-corrected chi connectivity index (χ0v) is 28.9. The third-order valence-corrected chi connectivity index (χ3v) is 9.19. The van der Waals surface area contributed by atoms with Crippen molar-refractivity contribution >= 4 is 17.6 Å². The number of rotatable bonds is 9. The maximum Gasteiger partial charge on any atom is 0.335 e. The van der Waals surface area contributed by atoms with E-state index in [1.54, 1.807) is 37.4 Å². The van der Waals surface area contributed by atoms with Gasteiger partial charge in [0.25, 0.3) is 0 Å². The average molecular weight is 639 g/mol. The topological polar surface area (TPSA) is 53.0 Å². The lowest BCUT2D eigenvalue weighted by Gasteiger charge is -2.35. The van der Waals surface area contributed by atoms with Crippen LogP contribution in [0.2, 0.25) is 0 Å². The molecule has 0 radical (unpaired) electrons. The van der Waals surface area contributed by atoms with E-state index in [9.17, 15) is 14.3 Å². The molecule has 3 aromatic carbocycles. The van der Waals surface area contributed by atoms with Gasteiger partial charge in [-0.15, -0.1) is 0 Å². The number of carbonyl (C=O) groups is 1. The van der Waals surface area contributed by atoms with Gasteiger partial charge < -0.3 is 19.6 Å². The number of methoxy groups -OCH3 is 1. The van der Waals surface area contributed by atoms with Crippen molar-refractivity contribution in [3.05, 3.63) is 124 Å². The molecule has 0 aliphatic heterocycles. The third kappa shape index (κ3) is 10.5. The Bertz CT molecular complexity index is 1590. The number of benzene rings is 3. The monoisotopic (exact) mass is 638 g/mol. The summed E-state index contributed by atoms with van der Waals surface area (Å²) in [6.07, 6.45) is 12.0. The molecule has 5 rings (SSSR count). The molecular formula is C41H51FN2O3. The second-order valence-corrected chi connectivity index (χ2v) is 13.4. The van der Waals surface area contributed by atoms with E-state index in [2.05, 4.69) is 81.3 Å². The lowest BCUT2D eigenvalue weighted by atomic mass is 9.73. The molecule has 0 spiro atoms. The van der Waals surface area contributed by atoms with Crippen molar-refractivity contribution in [3.63, 3.8) is 0 Å². The summed E-state index contributed by atoms with van der Waals surface area (Å²) in [5, 5.41) is 9.19. The first-order valence-electron chi connectivity index (χ1n) is 16.6. The Hall–Kier alpha value is -4.00. The van der Waals surface area contributed by atoms with Gasteiger partial charge in [0.05, 0.1) is 12.7 Å². The van der Waals surface area contributed by atoms with E-state index in [4.69, 9.17) is 4.74 Å². The highest BCUT2D eigenvalue weighted by Crippen LogP contribution is 2.41. The van der Waals surface area contributed by atoms with Gasteiger partial charge in [0.15, 0.2) is 0 Å². The fourth-order valence-corrected chi connectivity index (χ4v) is 6.93. The number of aromatic carboxylic acids is 1. The van der Waals surface area contributed by atoms with Gasteiger partial charge in [-0.2, -0.15) is 0 Å².